The Morgan fingerprint density at radius 2 is 1.85 bits per heavy atom. The van der Waals surface area contributed by atoms with Crippen molar-refractivity contribution in [3.63, 3.8) is 0 Å². The third-order valence-corrected chi connectivity index (χ3v) is 5.11. The highest BCUT2D eigenvalue weighted by atomic mass is 35.5. The van der Waals surface area contributed by atoms with Gasteiger partial charge in [0.2, 0.25) is 0 Å². The number of halogens is 1. The van der Waals surface area contributed by atoms with Gasteiger partial charge in [-0.1, -0.05) is 45.0 Å². The Morgan fingerprint density at radius 1 is 1.19 bits per heavy atom. The summed E-state index contributed by atoms with van der Waals surface area (Å²) in [7, 11) is 0. The number of carbonyl (C=O) groups excluding carboxylic acids is 1. The lowest BCUT2D eigenvalue weighted by molar-refractivity contribution is 0.0712. The van der Waals surface area contributed by atoms with E-state index in [0.29, 0.717) is 24.8 Å². The predicted molar refractivity (Wildman–Crippen MR) is 108 cm³/mol. The van der Waals surface area contributed by atoms with Crippen LogP contribution in [0.5, 0.6) is 0 Å². The molecule has 2 unspecified atom stereocenters. The number of furan rings is 1. The van der Waals surface area contributed by atoms with Gasteiger partial charge in [0.15, 0.2) is 5.76 Å². The minimum absolute atomic E-state index is 0. The summed E-state index contributed by atoms with van der Waals surface area (Å²) < 4.78 is 5.86. The lowest BCUT2D eigenvalue weighted by atomic mass is 9.86. The van der Waals surface area contributed by atoms with Crippen molar-refractivity contribution in [1.29, 1.82) is 0 Å². The van der Waals surface area contributed by atoms with Crippen LogP contribution in [0.2, 0.25) is 0 Å². The van der Waals surface area contributed by atoms with E-state index in [1.807, 2.05) is 11.0 Å². The molecule has 0 aliphatic carbocycles. The summed E-state index contributed by atoms with van der Waals surface area (Å²) in [4.78, 5) is 14.6. The van der Waals surface area contributed by atoms with Crippen LogP contribution in [0.3, 0.4) is 0 Å². The smallest absolute Gasteiger partial charge is 0.289 e. The van der Waals surface area contributed by atoms with Crippen molar-refractivity contribution in [2.45, 2.75) is 45.6 Å². The zero-order valence-corrected chi connectivity index (χ0v) is 16.8. The summed E-state index contributed by atoms with van der Waals surface area (Å²) in [5, 5.41) is 0. The molecular weight excluding hydrogens is 348 g/mol. The first-order valence-corrected chi connectivity index (χ1v) is 9.01. The van der Waals surface area contributed by atoms with Gasteiger partial charge in [-0.15, -0.1) is 12.4 Å². The molecule has 1 aromatic carbocycles. The average molecular weight is 377 g/mol. The van der Waals surface area contributed by atoms with Gasteiger partial charge in [0.25, 0.3) is 5.91 Å². The zero-order valence-electron chi connectivity index (χ0n) is 16.0. The van der Waals surface area contributed by atoms with Crippen LogP contribution in [0.4, 0.5) is 0 Å². The normalized spacial score (nSPS) is 20.1. The summed E-state index contributed by atoms with van der Waals surface area (Å²) in [6.45, 7) is 9.99. The minimum atomic E-state index is -0.0407. The maximum absolute atomic E-state index is 12.7. The highest BCUT2D eigenvalue weighted by Crippen LogP contribution is 2.29. The molecule has 1 aliphatic rings. The van der Waals surface area contributed by atoms with Crippen LogP contribution < -0.4 is 5.73 Å². The monoisotopic (exact) mass is 376 g/mol. The highest BCUT2D eigenvalue weighted by molar-refractivity contribution is 5.92. The predicted octanol–water partition coefficient (Wildman–Crippen LogP) is 4.48. The molecule has 0 spiro atoms. The molecule has 0 bridgehead atoms. The Hall–Kier alpha value is -1.78. The largest absolute Gasteiger partial charge is 0.451 e. The second kappa shape index (κ2) is 7.85. The molecule has 2 aromatic rings. The molecule has 5 heteroatoms. The standard InChI is InChI=1S/C21H28N2O2.ClH/c1-14-11-15(12-22)13-23(14)20(24)19-10-9-18(25-19)16-5-7-17(8-6-16)21(2,3)4;/h5-10,14-15H,11-13,22H2,1-4H3;1H. The van der Waals surface area contributed by atoms with Gasteiger partial charge in [0, 0.05) is 18.2 Å². The number of likely N-dealkylation sites (tertiary alicyclic amines) is 1. The third-order valence-electron chi connectivity index (χ3n) is 5.11. The third kappa shape index (κ3) is 4.13. The Balaban J connectivity index is 0.00000243. The van der Waals surface area contributed by atoms with E-state index in [-0.39, 0.29) is 29.8 Å². The van der Waals surface area contributed by atoms with Gasteiger partial charge in [-0.05, 0) is 48.9 Å². The van der Waals surface area contributed by atoms with Crippen LogP contribution in [0, 0.1) is 5.92 Å². The van der Waals surface area contributed by atoms with Crippen molar-refractivity contribution in [3.8, 4) is 11.3 Å². The lowest BCUT2D eigenvalue weighted by Crippen LogP contribution is -2.34. The lowest BCUT2D eigenvalue weighted by Gasteiger charge is -2.20. The van der Waals surface area contributed by atoms with Crippen LogP contribution >= 0.6 is 12.4 Å². The molecule has 2 atom stereocenters. The van der Waals surface area contributed by atoms with E-state index < -0.39 is 0 Å². The first-order chi connectivity index (χ1) is 11.8. The zero-order chi connectivity index (χ0) is 18.2. The van der Waals surface area contributed by atoms with Crippen LogP contribution in [-0.4, -0.2) is 29.9 Å². The highest BCUT2D eigenvalue weighted by Gasteiger charge is 2.33. The van der Waals surface area contributed by atoms with Gasteiger partial charge in [-0.2, -0.15) is 0 Å². The van der Waals surface area contributed by atoms with Crippen molar-refractivity contribution in [2.75, 3.05) is 13.1 Å². The summed E-state index contributed by atoms with van der Waals surface area (Å²) in [5.41, 5.74) is 8.14. The number of benzene rings is 1. The Labute approximate surface area is 162 Å². The van der Waals surface area contributed by atoms with Gasteiger partial charge in [0.1, 0.15) is 5.76 Å². The number of nitrogens with zero attached hydrogens (tertiary/aromatic N) is 1. The molecule has 4 nitrogen and oxygen atoms in total. The quantitative estimate of drug-likeness (QED) is 0.859. The van der Waals surface area contributed by atoms with Gasteiger partial charge in [-0.3, -0.25) is 4.79 Å². The van der Waals surface area contributed by atoms with E-state index in [0.717, 1.165) is 17.7 Å². The molecule has 0 saturated carbocycles. The topological polar surface area (TPSA) is 59.5 Å². The van der Waals surface area contributed by atoms with Gasteiger partial charge in [-0.25, -0.2) is 0 Å². The second-order valence-electron chi connectivity index (χ2n) is 8.14. The Kier molecular flexibility index (Phi) is 6.20. The number of carbonyl (C=O) groups is 1. The first-order valence-electron chi connectivity index (χ1n) is 9.01. The van der Waals surface area contributed by atoms with E-state index in [1.54, 1.807) is 6.07 Å². The maximum Gasteiger partial charge on any atom is 0.289 e. The fourth-order valence-electron chi connectivity index (χ4n) is 3.48. The van der Waals surface area contributed by atoms with Crippen molar-refractivity contribution in [2.24, 2.45) is 11.7 Å². The molecule has 1 aliphatic heterocycles. The molecule has 2 heterocycles. The summed E-state index contributed by atoms with van der Waals surface area (Å²) >= 11 is 0. The molecule has 0 radical (unpaired) electrons. The maximum atomic E-state index is 12.7. The molecule has 1 saturated heterocycles. The number of amides is 1. The Bertz CT molecular complexity index is 746. The molecule has 26 heavy (non-hydrogen) atoms. The van der Waals surface area contributed by atoms with Crippen molar-refractivity contribution in [3.05, 3.63) is 47.7 Å². The fourth-order valence-corrected chi connectivity index (χ4v) is 3.48. The number of hydrogen-bond acceptors (Lipinski definition) is 3. The molecule has 142 valence electrons. The van der Waals surface area contributed by atoms with Gasteiger partial charge in [0.05, 0.1) is 0 Å². The number of rotatable bonds is 3. The minimum Gasteiger partial charge on any atom is -0.451 e. The molecule has 2 N–H and O–H groups in total. The van der Waals surface area contributed by atoms with Crippen LogP contribution in [0.15, 0.2) is 40.8 Å². The fraction of sp³-hybridized carbons (Fsp3) is 0.476. The average Bonchev–Trinajstić information content (AvgIpc) is 3.20. The molecule has 1 aromatic heterocycles. The van der Waals surface area contributed by atoms with E-state index in [9.17, 15) is 4.79 Å². The van der Waals surface area contributed by atoms with Crippen molar-refractivity contribution < 1.29 is 9.21 Å². The summed E-state index contributed by atoms with van der Waals surface area (Å²) in [5.74, 6) is 1.48. The first kappa shape index (κ1) is 20.5. The summed E-state index contributed by atoms with van der Waals surface area (Å²) in [6, 6.07) is 12.2. The van der Waals surface area contributed by atoms with Crippen molar-refractivity contribution in [1.82, 2.24) is 4.90 Å². The number of hydrogen-bond donors (Lipinski definition) is 1. The molecule has 1 amide bonds. The summed E-state index contributed by atoms with van der Waals surface area (Å²) in [6.07, 6.45) is 0.962. The van der Waals surface area contributed by atoms with E-state index in [1.165, 1.54) is 5.56 Å². The van der Waals surface area contributed by atoms with E-state index in [2.05, 4.69) is 52.0 Å². The number of nitrogens with two attached hydrogens (primary N) is 1. The van der Waals surface area contributed by atoms with Crippen LogP contribution in [0.25, 0.3) is 11.3 Å². The molecular formula is C21H29ClN2O2. The Morgan fingerprint density at radius 3 is 2.38 bits per heavy atom. The second-order valence-corrected chi connectivity index (χ2v) is 8.14. The van der Waals surface area contributed by atoms with E-state index >= 15 is 0 Å². The van der Waals surface area contributed by atoms with Crippen LogP contribution in [0.1, 0.15) is 50.2 Å². The SMILES string of the molecule is CC1CC(CN)CN1C(=O)c1ccc(-c2ccc(C(C)(C)C)cc2)o1.Cl. The van der Waals surface area contributed by atoms with Crippen molar-refractivity contribution >= 4 is 18.3 Å². The van der Waals surface area contributed by atoms with Gasteiger partial charge < -0.3 is 15.1 Å². The molecule has 1 fully saturated rings. The molecule has 3 rings (SSSR count). The van der Waals surface area contributed by atoms with Gasteiger partial charge >= 0.3 is 0 Å². The van der Waals surface area contributed by atoms with Crippen LogP contribution in [-0.2, 0) is 5.41 Å². The van der Waals surface area contributed by atoms with E-state index in [4.69, 9.17) is 10.2 Å².